The predicted molar refractivity (Wildman–Crippen MR) is 84.3 cm³/mol. The fourth-order valence-electron chi connectivity index (χ4n) is 2.14. The standard InChI is InChI=1S/C15H12BrN3O2/c1-9-5-6-11(10(16)8-9)17-14-13(15(20)21)19-7-3-2-4-12(19)18-14/h2-8,17H,1H3,(H,20,21). The molecule has 3 aromatic rings. The molecule has 1 aromatic carbocycles. The Morgan fingerprint density at radius 1 is 1.33 bits per heavy atom. The average molecular weight is 346 g/mol. The number of fused-ring (bicyclic) bond motifs is 1. The molecule has 0 amide bonds. The number of benzene rings is 1. The summed E-state index contributed by atoms with van der Waals surface area (Å²) in [6.07, 6.45) is 1.68. The van der Waals surface area contributed by atoms with Gasteiger partial charge in [-0.25, -0.2) is 9.78 Å². The van der Waals surface area contributed by atoms with Crippen molar-refractivity contribution in [3.63, 3.8) is 0 Å². The van der Waals surface area contributed by atoms with Gasteiger partial charge < -0.3 is 10.4 Å². The fourth-order valence-corrected chi connectivity index (χ4v) is 2.73. The summed E-state index contributed by atoms with van der Waals surface area (Å²) < 4.78 is 2.41. The molecule has 2 aromatic heterocycles. The van der Waals surface area contributed by atoms with E-state index in [9.17, 15) is 9.90 Å². The van der Waals surface area contributed by atoms with Gasteiger partial charge in [-0.15, -0.1) is 0 Å². The molecule has 2 heterocycles. The lowest BCUT2D eigenvalue weighted by molar-refractivity contribution is 0.0690. The van der Waals surface area contributed by atoms with E-state index >= 15 is 0 Å². The second kappa shape index (κ2) is 5.21. The Morgan fingerprint density at radius 2 is 2.14 bits per heavy atom. The third kappa shape index (κ3) is 2.50. The number of hydrogen-bond donors (Lipinski definition) is 2. The Balaban J connectivity index is 2.12. The quantitative estimate of drug-likeness (QED) is 0.756. The first kappa shape index (κ1) is 13.6. The van der Waals surface area contributed by atoms with Gasteiger partial charge in [-0.1, -0.05) is 12.1 Å². The highest BCUT2D eigenvalue weighted by Gasteiger charge is 2.19. The van der Waals surface area contributed by atoms with Crippen LogP contribution in [0.15, 0.2) is 47.1 Å². The monoisotopic (exact) mass is 345 g/mol. The van der Waals surface area contributed by atoms with Crippen molar-refractivity contribution in [2.75, 3.05) is 5.32 Å². The maximum atomic E-state index is 11.5. The maximum absolute atomic E-state index is 11.5. The van der Waals surface area contributed by atoms with Crippen LogP contribution in [0.1, 0.15) is 16.1 Å². The van der Waals surface area contributed by atoms with Crippen LogP contribution >= 0.6 is 15.9 Å². The van der Waals surface area contributed by atoms with Crippen molar-refractivity contribution >= 4 is 39.1 Å². The van der Waals surface area contributed by atoms with Gasteiger partial charge in [0.15, 0.2) is 11.5 Å². The summed E-state index contributed by atoms with van der Waals surface area (Å²) in [6.45, 7) is 1.99. The Morgan fingerprint density at radius 3 is 2.86 bits per heavy atom. The molecule has 0 radical (unpaired) electrons. The highest BCUT2D eigenvalue weighted by Crippen LogP contribution is 2.28. The molecule has 5 nitrogen and oxygen atoms in total. The molecular weight excluding hydrogens is 334 g/mol. The first-order valence-corrected chi connectivity index (χ1v) is 7.09. The molecule has 0 fully saturated rings. The van der Waals surface area contributed by atoms with Gasteiger partial charge in [0.1, 0.15) is 5.65 Å². The zero-order chi connectivity index (χ0) is 15.0. The number of rotatable bonds is 3. The van der Waals surface area contributed by atoms with E-state index in [1.807, 2.05) is 31.2 Å². The van der Waals surface area contributed by atoms with Gasteiger partial charge in [-0.2, -0.15) is 0 Å². The first-order chi connectivity index (χ1) is 10.1. The van der Waals surface area contributed by atoms with Gasteiger partial charge in [0.25, 0.3) is 0 Å². The van der Waals surface area contributed by atoms with Gasteiger partial charge in [0.2, 0.25) is 0 Å². The topological polar surface area (TPSA) is 66.6 Å². The lowest BCUT2D eigenvalue weighted by atomic mass is 10.2. The maximum Gasteiger partial charge on any atom is 0.356 e. The summed E-state index contributed by atoms with van der Waals surface area (Å²) in [5.74, 6) is -0.710. The third-order valence-corrected chi connectivity index (χ3v) is 3.77. The van der Waals surface area contributed by atoms with Gasteiger partial charge in [-0.3, -0.25) is 4.40 Å². The minimum Gasteiger partial charge on any atom is -0.476 e. The molecule has 0 aliphatic heterocycles. The van der Waals surface area contributed by atoms with Crippen molar-refractivity contribution in [1.82, 2.24) is 9.38 Å². The lowest BCUT2D eigenvalue weighted by Gasteiger charge is -2.07. The number of aromatic carboxylic acids is 1. The van der Waals surface area contributed by atoms with E-state index in [0.717, 1.165) is 15.7 Å². The molecule has 0 saturated heterocycles. The summed E-state index contributed by atoms with van der Waals surface area (Å²) in [4.78, 5) is 15.9. The Bertz CT molecular complexity index is 842. The summed E-state index contributed by atoms with van der Waals surface area (Å²) in [7, 11) is 0. The number of halogens is 1. The zero-order valence-electron chi connectivity index (χ0n) is 11.2. The van der Waals surface area contributed by atoms with E-state index in [1.165, 1.54) is 0 Å². The number of nitrogens with zero attached hydrogens (tertiary/aromatic N) is 2. The van der Waals surface area contributed by atoms with E-state index in [0.29, 0.717) is 11.5 Å². The van der Waals surface area contributed by atoms with Crippen LogP contribution in [0.5, 0.6) is 0 Å². The number of nitrogens with one attached hydrogen (secondary N) is 1. The van der Waals surface area contributed by atoms with Crippen LogP contribution < -0.4 is 5.32 Å². The number of carbonyl (C=O) groups is 1. The summed E-state index contributed by atoms with van der Waals surface area (Å²) in [5, 5.41) is 12.5. The van der Waals surface area contributed by atoms with Crippen LogP contribution in [0.25, 0.3) is 5.65 Å². The van der Waals surface area contributed by atoms with Gasteiger partial charge in [-0.05, 0) is 52.7 Å². The predicted octanol–water partition coefficient (Wildman–Crippen LogP) is 3.85. The van der Waals surface area contributed by atoms with E-state index in [4.69, 9.17) is 0 Å². The first-order valence-electron chi connectivity index (χ1n) is 6.30. The number of aryl methyl sites for hydroxylation is 1. The normalized spacial score (nSPS) is 10.8. The molecule has 0 saturated carbocycles. The van der Waals surface area contributed by atoms with Gasteiger partial charge in [0, 0.05) is 10.7 Å². The van der Waals surface area contributed by atoms with Crippen LogP contribution in [-0.4, -0.2) is 20.5 Å². The smallest absolute Gasteiger partial charge is 0.356 e. The highest BCUT2D eigenvalue weighted by atomic mass is 79.9. The fraction of sp³-hybridized carbons (Fsp3) is 0.0667. The number of anilines is 2. The molecule has 106 valence electrons. The molecule has 21 heavy (non-hydrogen) atoms. The second-order valence-corrected chi connectivity index (χ2v) is 5.51. The van der Waals surface area contributed by atoms with Crippen LogP contribution in [-0.2, 0) is 0 Å². The molecule has 0 unspecified atom stereocenters. The van der Waals surface area contributed by atoms with Crippen molar-refractivity contribution in [3.8, 4) is 0 Å². The van der Waals surface area contributed by atoms with Crippen LogP contribution in [0.4, 0.5) is 11.5 Å². The van der Waals surface area contributed by atoms with Gasteiger partial charge in [0.05, 0.1) is 5.69 Å². The Labute approximate surface area is 129 Å². The number of hydrogen-bond acceptors (Lipinski definition) is 3. The molecule has 0 spiro atoms. The van der Waals surface area contributed by atoms with Crippen LogP contribution in [0.2, 0.25) is 0 Å². The van der Waals surface area contributed by atoms with E-state index < -0.39 is 5.97 Å². The molecule has 6 heteroatoms. The summed E-state index contributed by atoms with van der Waals surface area (Å²) in [5.41, 5.74) is 2.58. The second-order valence-electron chi connectivity index (χ2n) is 4.65. The van der Waals surface area contributed by atoms with Crippen molar-refractivity contribution in [2.24, 2.45) is 0 Å². The van der Waals surface area contributed by atoms with E-state index in [1.54, 1.807) is 22.7 Å². The average Bonchev–Trinajstić information content (AvgIpc) is 2.80. The van der Waals surface area contributed by atoms with Crippen molar-refractivity contribution < 1.29 is 9.90 Å². The number of aromatic nitrogens is 2. The molecule has 0 bridgehead atoms. The molecule has 0 atom stereocenters. The molecule has 0 aliphatic carbocycles. The minimum absolute atomic E-state index is 0.109. The molecule has 0 aliphatic rings. The number of pyridine rings is 1. The Kier molecular flexibility index (Phi) is 3.39. The highest BCUT2D eigenvalue weighted by molar-refractivity contribution is 9.10. The van der Waals surface area contributed by atoms with Crippen molar-refractivity contribution in [2.45, 2.75) is 6.92 Å². The van der Waals surface area contributed by atoms with E-state index in [-0.39, 0.29) is 5.69 Å². The lowest BCUT2D eigenvalue weighted by Crippen LogP contribution is -2.05. The molecule has 3 rings (SSSR count). The number of carboxylic acids is 1. The van der Waals surface area contributed by atoms with Gasteiger partial charge >= 0.3 is 5.97 Å². The largest absolute Gasteiger partial charge is 0.476 e. The summed E-state index contributed by atoms with van der Waals surface area (Å²) in [6, 6.07) is 11.1. The molecule has 2 N–H and O–H groups in total. The SMILES string of the molecule is Cc1ccc(Nc2nc3ccccn3c2C(=O)O)c(Br)c1. The van der Waals surface area contributed by atoms with Crippen molar-refractivity contribution in [3.05, 3.63) is 58.3 Å². The summed E-state index contributed by atoms with van der Waals surface area (Å²) >= 11 is 3.47. The number of imidazole rings is 1. The van der Waals surface area contributed by atoms with Crippen molar-refractivity contribution in [1.29, 1.82) is 0 Å². The zero-order valence-corrected chi connectivity index (χ0v) is 12.8. The van der Waals surface area contributed by atoms with E-state index in [2.05, 4.69) is 26.2 Å². The third-order valence-electron chi connectivity index (χ3n) is 3.11. The number of carboxylic acid groups (broad SMARTS) is 1. The molecular formula is C15H12BrN3O2. The Hall–Kier alpha value is -2.34. The van der Waals surface area contributed by atoms with Crippen LogP contribution in [0.3, 0.4) is 0 Å². The minimum atomic E-state index is -1.03. The van der Waals surface area contributed by atoms with Crippen LogP contribution in [0, 0.1) is 6.92 Å².